The number of hydrogen-bond acceptors (Lipinski definition) is 3. The van der Waals surface area contributed by atoms with Crippen molar-refractivity contribution in [2.24, 2.45) is 0 Å². The zero-order valence-corrected chi connectivity index (χ0v) is 8.93. The molecule has 6 heteroatoms. The van der Waals surface area contributed by atoms with Crippen LogP contribution in [0.15, 0.2) is 27.0 Å². The zero-order chi connectivity index (χ0) is 9.26. The van der Waals surface area contributed by atoms with Gasteiger partial charge in [0.15, 0.2) is 0 Å². The van der Waals surface area contributed by atoms with Gasteiger partial charge in [-0.2, -0.15) is 5.10 Å². The number of thiophene rings is 1. The monoisotopic (exact) mass is 259 g/mol. The van der Waals surface area contributed by atoms with Crippen LogP contribution in [0.25, 0.3) is 0 Å². The lowest BCUT2D eigenvalue weighted by molar-refractivity contribution is 0.772. The minimum absolute atomic E-state index is 0.176. The third-order valence-electron chi connectivity index (χ3n) is 1.57. The van der Waals surface area contributed by atoms with Crippen molar-refractivity contribution in [2.45, 2.75) is 6.54 Å². The Morgan fingerprint density at radius 1 is 1.62 bits per heavy atom. The molecule has 2 heterocycles. The molecule has 2 aromatic heterocycles. The molecule has 0 aliphatic rings. The summed E-state index contributed by atoms with van der Waals surface area (Å²) < 4.78 is 2.59. The van der Waals surface area contributed by atoms with Gasteiger partial charge in [0.05, 0.1) is 10.3 Å². The molecular weight excluding hydrogens is 254 g/mol. The Morgan fingerprint density at radius 2 is 2.46 bits per heavy atom. The van der Waals surface area contributed by atoms with Crippen LogP contribution in [0, 0.1) is 0 Å². The van der Waals surface area contributed by atoms with E-state index in [0.29, 0.717) is 6.54 Å². The van der Waals surface area contributed by atoms with Crippen molar-refractivity contribution in [3.05, 3.63) is 37.6 Å². The Balaban J connectivity index is 2.24. The Hall–Kier alpha value is -0.880. The molecule has 0 aliphatic carbocycles. The Bertz CT molecular complexity index is 458. The maximum Gasteiger partial charge on any atom is 0.343 e. The predicted octanol–water partition coefficient (Wildman–Crippen LogP) is 1.44. The van der Waals surface area contributed by atoms with Gasteiger partial charge in [-0.3, -0.25) is 4.57 Å². The molecular formula is C7H6BrN3OS. The van der Waals surface area contributed by atoms with Crippen molar-refractivity contribution in [2.75, 3.05) is 0 Å². The maximum atomic E-state index is 11.1. The highest BCUT2D eigenvalue weighted by atomic mass is 79.9. The van der Waals surface area contributed by atoms with E-state index in [2.05, 4.69) is 26.1 Å². The van der Waals surface area contributed by atoms with E-state index in [0.717, 1.165) is 8.66 Å². The Labute approximate surface area is 86.3 Å². The lowest BCUT2D eigenvalue weighted by Gasteiger charge is -1.94. The quantitative estimate of drug-likeness (QED) is 0.888. The third-order valence-corrected chi connectivity index (χ3v) is 3.18. The summed E-state index contributed by atoms with van der Waals surface area (Å²) in [6.07, 6.45) is 1.50. The Kier molecular flexibility index (Phi) is 2.32. The minimum atomic E-state index is -0.176. The van der Waals surface area contributed by atoms with E-state index in [-0.39, 0.29) is 5.69 Å². The van der Waals surface area contributed by atoms with Gasteiger partial charge in [0.1, 0.15) is 6.33 Å². The van der Waals surface area contributed by atoms with Gasteiger partial charge in [0.2, 0.25) is 0 Å². The van der Waals surface area contributed by atoms with E-state index in [4.69, 9.17) is 0 Å². The standard InChI is InChI=1S/C7H6BrN3OS/c8-6-2-1-5(13-6)3-11-4-9-10-7(11)12/h1-2,4H,3H2,(H,10,12). The van der Waals surface area contributed by atoms with Crippen molar-refractivity contribution in [3.8, 4) is 0 Å². The van der Waals surface area contributed by atoms with Gasteiger partial charge in [-0.05, 0) is 28.1 Å². The molecule has 0 atom stereocenters. The van der Waals surface area contributed by atoms with E-state index < -0.39 is 0 Å². The number of nitrogens with zero attached hydrogens (tertiary/aromatic N) is 2. The number of hydrogen-bond donors (Lipinski definition) is 1. The first kappa shape index (κ1) is 8.71. The average Bonchev–Trinajstić information content (AvgIpc) is 2.64. The van der Waals surface area contributed by atoms with Crippen LogP contribution in [0.1, 0.15) is 4.88 Å². The highest BCUT2D eigenvalue weighted by Crippen LogP contribution is 2.22. The number of H-pyrrole nitrogens is 1. The first-order valence-corrected chi connectivity index (χ1v) is 5.20. The molecule has 2 aromatic rings. The lowest BCUT2D eigenvalue weighted by atomic mass is 10.5. The topological polar surface area (TPSA) is 50.7 Å². The molecule has 0 unspecified atom stereocenters. The minimum Gasteiger partial charge on any atom is -0.276 e. The van der Waals surface area contributed by atoms with Crippen molar-refractivity contribution < 1.29 is 0 Å². The van der Waals surface area contributed by atoms with E-state index >= 15 is 0 Å². The number of halogens is 1. The summed E-state index contributed by atoms with van der Waals surface area (Å²) in [5, 5.41) is 5.99. The van der Waals surface area contributed by atoms with E-state index in [9.17, 15) is 4.79 Å². The highest BCUT2D eigenvalue weighted by Gasteiger charge is 2.01. The summed E-state index contributed by atoms with van der Waals surface area (Å²) in [4.78, 5) is 12.2. The van der Waals surface area contributed by atoms with Crippen LogP contribution < -0.4 is 5.69 Å². The first-order valence-electron chi connectivity index (χ1n) is 3.60. The summed E-state index contributed by atoms with van der Waals surface area (Å²) >= 11 is 4.97. The van der Waals surface area contributed by atoms with Crippen LogP contribution in [0.2, 0.25) is 0 Å². The molecule has 0 radical (unpaired) electrons. The second-order valence-electron chi connectivity index (χ2n) is 2.50. The molecule has 0 aromatic carbocycles. The Morgan fingerprint density at radius 3 is 3.00 bits per heavy atom. The summed E-state index contributed by atoms with van der Waals surface area (Å²) in [6.45, 7) is 0.575. The van der Waals surface area contributed by atoms with Crippen LogP contribution in [-0.2, 0) is 6.54 Å². The fourth-order valence-electron chi connectivity index (χ4n) is 0.988. The van der Waals surface area contributed by atoms with Gasteiger partial charge in [0, 0.05) is 4.88 Å². The van der Waals surface area contributed by atoms with Gasteiger partial charge in [-0.15, -0.1) is 11.3 Å². The molecule has 0 amide bonds. The molecule has 0 saturated carbocycles. The van der Waals surface area contributed by atoms with Crippen molar-refractivity contribution in [1.82, 2.24) is 14.8 Å². The molecule has 0 fully saturated rings. The number of rotatable bonds is 2. The largest absolute Gasteiger partial charge is 0.343 e. The normalized spacial score (nSPS) is 10.5. The number of aromatic amines is 1. The smallest absolute Gasteiger partial charge is 0.276 e. The molecule has 68 valence electrons. The molecule has 13 heavy (non-hydrogen) atoms. The van der Waals surface area contributed by atoms with Crippen LogP contribution in [0.4, 0.5) is 0 Å². The zero-order valence-electron chi connectivity index (χ0n) is 6.53. The molecule has 0 spiro atoms. The van der Waals surface area contributed by atoms with Gasteiger partial charge >= 0.3 is 5.69 Å². The van der Waals surface area contributed by atoms with Crippen LogP contribution >= 0.6 is 27.3 Å². The maximum absolute atomic E-state index is 11.1. The van der Waals surface area contributed by atoms with E-state index in [1.807, 2.05) is 12.1 Å². The molecule has 0 bridgehead atoms. The summed E-state index contributed by atoms with van der Waals surface area (Å²) in [7, 11) is 0. The first-order chi connectivity index (χ1) is 6.25. The summed E-state index contributed by atoms with van der Waals surface area (Å²) in [5.74, 6) is 0. The van der Waals surface area contributed by atoms with Gasteiger partial charge < -0.3 is 0 Å². The SMILES string of the molecule is O=c1[nH]ncn1Cc1ccc(Br)s1. The van der Waals surface area contributed by atoms with Crippen LogP contribution in [0.3, 0.4) is 0 Å². The van der Waals surface area contributed by atoms with Gasteiger partial charge in [0.25, 0.3) is 0 Å². The number of aromatic nitrogens is 3. The van der Waals surface area contributed by atoms with Crippen molar-refractivity contribution in [1.29, 1.82) is 0 Å². The van der Waals surface area contributed by atoms with Crippen molar-refractivity contribution in [3.63, 3.8) is 0 Å². The average molecular weight is 260 g/mol. The number of nitrogens with one attached hydrogen (secondary N) is 1. The fraction of sp³-hybridized carbons (Fsp3) is 0.143. The van der Waals surface area contributed by atoms with Gasteiger partial charge in [-0.25, -0.2) is 9.89 Å². The highest BCUT2D eigenvalue weighted by molar-refractivity contribution is 9.11. The molecule has 4 nitrogen and oxygen atoms in total. The molecule has 0 saturated heterocycles. The van der Waals surface area contributed by atoms with Gasteiger partial charge in [-0.1, -0.05) is 0 Å². The van der Waals surface area contributed by atoms with Crippen LogP contribution in [-0.4, -0.2) is 14.8 Å². The second kappa shape index (κ2) is 3.47. The predicted molar refractivity (Wildman–Crippen MR) is 54.0 cm³/mol. The molecule has 1 N–H and O–H groups in total. The third kappa shape index (κ3) is 1.89. The van der Waals surface area contributed by atoms with Crippen LogP contribution in [0.5, 0.6) is 0 Å². The fourth-order valence-corrected chi connectivity index (χ4v) is 2.47. The second-order valence-corrected chi connectivity index (χ2v) is 5.04. The molecule has 2 rings (SSSR count). The van der Waals surface area contributed by atoms with Crippen molar-refractivity contribution >= 4 is 27.3 Å². The lowest BCUT2D eigenvalue weighted by Crippen LogP contribution is -2.16. The van der Waals surface area contributed by atoms with E-state index in [1.54, 1.807) is 11.3 Å². The van der Waals surface area contributed by atoms with E-state index in [1.165, 1.54) is 10.9 Å². The molecule has 0 aliphatic heterocycles. The summed E-state index contributed by atoms with van der Waals surface area (Å²) in [6, 6.07) is 3.94. The summed E-state index contributed by atoms with van der Waals surface area (Å²) in [5.41, 5.74) is -0.176.